The van der Waals surface area contributed by atoms with Gasteiger partial charge in [-0.2, -0.15) is 0 Å². The molecule has 0 bridgehead atoms. The van der Waals surface area contributed by atoms with Crippen molar-refractivity contribution in [2.24, 2.45) is 0 Å². The van der Waals surface area contributed by atoms with Crippen LogP contribution in [0.25, 0.3) is 10.8 Å². The van der Waals surface area contributed by atoms with Crippen LogP contribution in [0.3, 0.4) is 0 Å². The number of aromatic nitrogens is 1. The predicted molar refractivity (Wildman–Crippen MR) is 72.5 cm³/mol. The first-order valence-corrected chi connectivity index (χ1v) is 5.93. The zero-order valence-electron chi connectivity index (χ0n) is 9.91. The molecule has 18 heavy (non-hydrogen) atoms. The summed E-state index contributed by atoms with van der Waals surface area (Å²) in [5.74, 6) is 0.797. The summed E-state index contributed by atoms with van der Waals surface area (Å²) in [6, 6.07) is 18.4. The van der Waals surface area contributed by atoms with E-state index < -0.39 is 0 Å². The molecule has 3 aromatic rings. The van der Waals surface area contributed by atoms with E-state index in [9.17, 15) is 0 Å². The minimum Gasteiger partial charge on any atom is -0.487 e. The lowest BCUT2D eigenvalue weighted by Gasteiger charge is -2.08. The quantitative estimate of drug-likeness (QED) is 0.688. The summed E-state index contributed by atoms with van der Waals surface area (Å²) in [5.41, 5.74) is 1.19. The minimum absolute atomic E-state index is 0.563. The molecule has 0 amide bonds. The molecule has 0 radical (unpaired) electrons. The van der Waals surface area contributed by atoms with Crippen LogP contribution in [0.1, 0.15) is 5.56 Å². The number of benzene rings is 2. The normalized spacial score (nSPS) is 10.4. The summed E-state index contributed by atoms with van der Waals surface area (Å²) in [5, 5.41) is 2.48. The molecular weight excluding hydrogens is 222 g/mol. The molecule has 3 rings (SSSR count). The summed E-state index contributed by atoms with van der Waals surface area (Å²) in [7, 11) is 0. The number of pyridine rings is 1. The summed E-state index contributed by atoms with van der Waals surface area (Å²) < 4.78 is 5.74. The molecule has 1 aromatic heterocycles. The second-order valence-electron chi connectivity index (χ2n) is 4.12. The highest BCUT2D eigenvalue weighted by Gasteiger charge is 2.01. The van der Waals surface area contributed by atoms with Crippen molar-refractivity contribution in [2.75, 3.05) is 0 Å². The highest BCUT2D eigenvalue weighted by Crippen LogP contribution is 2.20. The Bertz CT molecular complexity index is 644. The Hall–Kier alpha value is -2.35. The van der Waals surface area contributed by atoms with Gasteiger partial charge in [0.25, 0.3) is 0 Å². The minimum atomic E-state index is 0.563. The highest BCUT2D eigenvalue weighted by molar-refractivity contribution is 5.85. The van der Waals surface area contributed by atoms with Crippen molar-refractivity contribution >= 4 is 10.8 Å². The van der Waals surface area contributed by atoms with Crippen molar-refractivity contribution in [2.45, 2.75) is 6.61 Å². The third-order valence-electron chi connectivity index (χ3n) is 2.91. The molecule has 0 saturated heterocycles. The molecule has 0 spiro atoms. The van der Waals surface area contributed by atoms with Crippen LogP contribution in [0, 0.1) is 0 Å². The summed E-state index contributed by atoms with van der Waals surface area (Å²) in [4.78, 5) is 4.03. The fraction of sp³-hybridized carbons (Fsp3) is 0.0625. The number of nitrogens with zero attached hydrogens (tertiary/aromatic N) is 1. The van der Waals surface area contributed by atoms with Crippen LogP contribution in [0.4, 0.5) is 0 Å². The fourth-order valence-corrected chi connectivity index (χ4v) is 2.01. The number of hydrogen-bond donors (Lipinski definition) is 0. The van der Waals surface area contributed by atoms with Gasteiger partial charge in [-0.05, 0) is 28.5 Å². The Kier molecular flexibility index (Phi) is 2.92. The van der Waals surface area contributed by atoms with E-state index >= 15 is 0 Å². The molecule has 0 aliphatic heterocycles. The van der Waals surface area contributed by atoms with Gasteiger partial charge in [-0.25, -0.2) is 0 Å². The van der Waals surface area contributed by atoms with Crippen LogP contribution in [-0.4, -0.2) is 4.98 Å². The van der Waals surface area contributed by atoms with Gasteiger partial charge < -0.3 is 4.74 Å². The Morgan fingerprint density at radius 3 is 2.67 bits per heavy atom. The number of ether oxygens (including phenoxy) is 1. The van der Waals surface area contributed by atoms with Crippen LogP contribution in [0.2, 0.25) is 0 Å². The fourth-order valence-electron chi connectivity index (χ4n) is 2.01. The first-order chi connectivity index (χ1) is 8.93. The van der Waals surface area contributed by atoms with Gasteiger partial charge in [-0.3, -0.25) is 4.98 Å². The smallest absolute Gasteiger partial charge is 0.138 e. The molecule has 88 valence electrons. The van der Waals surface area contributed by atoms with E-state index in [0.29, 0.717) is 6.61 Å². The van der Waals surface area contributed by atoms with E-state index in [4.69, 9.17) is 4.74 Å². The van der Waals surface area contributed by atoms with Crippen molar-refractivity contribution in [1.29, 1.82) is 0 Å². The van der Waals surface area contributed by atoms with Gasteiger partial charge in [-0.15, -0.1) is 0 Å². The zero-order chi connectivity index (χ0) is 12.2. The monoisotopic (exact) mass is 235 g/mol. The molecule has 0 N–H and O–H groups in total. The number of hydrogen-bond acceptors (Lipinski definition) is 2. The molecule has 0 unspecified atom stereocenters. The molecule has 0 saturated carbocycles. The molecule has 2 nitrogen and oxygen atoms in total. The molecule has 1 heterocycles. The number of fused-ring (bicyclic) bond motifs is 1. The highest BCUT2D eigenvalue weighted by atomic mass is 16.5. The van der Waals surface area contributed by atoms with Gasteiger partial charge in [0.1, 0.15) is 12.4 Å². The molecule has 2 heteroatoms. The molecule has 0 atom stereocenters. The SMILES string of the molecule is c1cncc(OCc2cccc3ccccc23)c1. The molecule has 0 aliphatic rings. The average Bonchev–Trinajstić information content (AvgIpc) is 2.46. The summed E-state index contributed by atoms with van der Waals surface area (Å²) in [6.45, 7) is 0.563. The summed E-state index contributed by atoms with van der Waals surface area (Å²) in [6.07, 6.45) is 3.47. The maximum Gasteiger partial charge on any atom is 0.138 e. The maximum absolute atomic E-state index is 5.74. The average molecular weight is 235 g/mol. The van der Waals surface area contributed by atoms with E-state index in [1.165, 1.54) is 16.3 Å². The maximum atomic E-state index is 5.74. The Balaban J connectivity index is 1.87. The van der Waals surface area contributed by atoms with E-state index in [0.717, 1.165) is 5.75 Å². The lowest BCUT2D eigenvalue weighted by Crippen LogP contribution is -1.96. The Morgan fingerprint density at radius 2 is 1.78 bits per heavy atom. The van der Waals surface area contributed by atoms with Crippen LogP contribution in [0.15, 0.2) is 67.0 Å². The van der Waals surface area contributed by atoms with Gasteiger partial charge in [0.15, 0.2) is 0 Å². The van der Waals surface area contributed by atoms with Gasteiger partial charge >= 0.3 is 0 Å². The zero-order valence-corrected chi connectivity index (χ0v) is 9.91. The molecule has 0 aliphatic carbocycles. The van der Waals surface area contributed by atoms with Crippen molar-refractivity contribution in [3.8, 4) is 5.75 Å². The van der Waals surface area contributed by atoms with Crippen LogP contribution in [-0.2, 0) is 6.61 Å². The molecular formula is C16H13NO. The predicted octanol–water partition coefficient (Wildman–Crippen LogP) is 3.81. The first kappa shape index (κ1) is 10.8. The first-order valence-electron chi connectivity index (χ1n) is 5.93. The van der Waals surface area contributed by atoms with Gasteiger partial charge in [0.05, 0.1) is 6.20 Å². The van der Waals surface area contributed by atoms with Crippen molar-refractivity contribution < 1.29 is 4.74 Å². The lowest BCUT2D eigenvalue weighted by atomic mass is 10.1. The molecule has 0 fully saturated rings. The van der Waals surface area contributed by atoms with Crippen LogP contribution in [0.5, 0.6) is 5.75 Å². The van der Waals surface area contributed by atoms with E-state index in [1.54, 1.807) is 12.4 Å². The number of rotatable bonds is 3. The lowest BCUT2D eigenvalue weighted by molar-refractivity contribution is 0.306. The van der Waals surface area contributed by atoms with Crippen molar-refractivity contribution in [3.63, 3.8) is 0 Å². The Labute approximate surface area is 106 Å². The van der Waals surface area contributed by atoms with Crippen LogP contribution >= 0.6 is 0 Å². The Morgan fingerprint density at radius 1 is 0.889 bits per heavy atom. The van der Waals surface area contributed by atoms with Gasteiger partial charge in [-0.1, -0.05) is 42.5 Å². The standard InChI is InChI=1S/C16H13NO/c1-2-9-16-13(5-1)6-3-7-14(16)12-18-15-8-4-10-17-11-15/h1-11H,12H2. The van der Waals surface area contributed by atoms with Gasteiger partial charge in [0, 0.05) is 6.20 Å². The molecule has 2 aromatic carbocycles. The third-order valence-corrected chi connectivity index (χ3v) is 2.91. The topological polar surface area (TPSA) is 22.1 Å². The van der Waals surface area contributed by atoms with Crippen molar-refractivity contribution in [3.05, 3.63) is 72.6 Å². The van der Waals surface area contributed by atoms with E-state index in [1.807, 2.05) is 18.2 Å². The summed E-state index contributed by atoms with van der Waals surface area (Å²) >= 11 is 0. The third kappa shape index (κ3) is 2.18. The van der Waals surface area contributed by atoms with E-state index in [-0.39, 0.29) is 0 Å². The van der Waals surface area contributed by atoms with E-state index in [2.05, 4.69) is 41.4 Å². The second kappa shape index (κ2) is 4.88. The second-order valence-corrected chi connectivity index (χ2v) is 4.12. The largest absolute Gasteiger partial charge is 0.487 e. The van der Waals surface area contributed by atoms with Crippen LogP contribution < -0.4 is 4.74 Å². The van der Waals surface area contributed by atoms with Crippen molar-refractivity contribution in [1.82, 2.24) is 4.98 Å². The van der Waals surface area contributed by atoms with Gasteiger partial charge in [0.2, 0.25) is 0 Å².